The van der Waals surface area contributed by atoms with E-state index >= 15 is 0 Å². The Morgan fingerprint density at radius 1 is 1.32 bits per heavy atom. The van der Waals surface area contributed by atoms with Gasteiger partial charge >= 0.3 is 0 Å². The maximum Gasteiger partial charge on any atom is 0.237 e. The summed E-state index contributed by atoms with van der Waals surface area (Å²) in [4.78, 5) is 11.9. The van der Waals surface area contributed by atoms with E-state index in [0.29, 0.717) is 17.7 Å². The second-order valence-corrected chi connectivity index (χ2v) is 6.84. The summed E-state index contributed by atoms with van der Waals surface area (Å²) in [5.41, 5.74) is 6.92. The molecule has 0 fully saturated rings. The summed E-state index contributed by atoms with van der Waals surface area (Å²) in [6, 6.07) is 6.05. The first-order valence-corrected chi connectivity index (χ1v) is 8.76. The van der Waals surface area contributed by atoms with E-state index < -0.39 is 16.1 Å². The van der Waals surface area contributed by atoms with Crippen molar-refractivity contribution < 1.29 is 13.2 Å². The lowest BCUT2D eigenvalue weighted by atomic mass is 10.1. The summed E-state index contributed by atoms with van der Waals surface area (Å²) in [5.74, 6) is -0.237. The SMILES string of the molecule is CCCC(N)C(=O)NC(C)c1ccccc1NS(C)(=O)=O.Cl. The van der Waals surface area contributed by atoms with Crippen LogP contribution in [0.5, 0.6) is 0 Å². The second-order valence-electron chi connectivity index (χ2n) is 5.09. The van der Waals surface area contributed by atoms with Crippen LogP contribution in [0, 0.1) is 0 Å². The Bertz CT molecular complexity index is 593. The van der Waals surface area contributed by atoms with E-state index in [9.17, 15) is 13.2 Å². The highest BCUT2D eigenvalue weighted by atomic mass is 35.5. The molecule has 8 heteroatoms. The molecule has 126 valence electrons. The Balaban J connectivity index is 0.00000441. The van der Waals surface area contributed by atoms with Crippen molar-refractivity contribution in [3.8, 4) is 0 Å². The van der Waals surface area contributed by atoms with Crippen LogP contribution in [0.2, 0.25) is 0 Å². The molecule has 1 aromatic rings. The third-order valence-corrected chi connectivity index (χ3v) is 3.61. The summed E-state index contributed by atoms with van der Waals surface area (Å²) in [6.07, 6.45) is 2.53. The van der Waals surface area contributed by atoms with E-state index in [2.05, 4.69) is 10.0 Å². The fourth-order valence-corrected chi connectivity index (χ4v) is 2.59. The van der Waals surface area contributed by atoms with Crippen LogP contribution in [-0.4, -0.2) is 26.6 Å². The highest BCUT2D eigenvalue weighted by Gasteiger charge is 2.18. The summed E-state index contributed by atoms with van der Waals surface area (Å²) < 4.78 is 25.2. The smallest absolute Gasteiger partial charge is 0.237 e. The van der Waals surface area contributed by atoms with Gasteiger partial charge in [-0.2, -0.15) is 0 Å². The van der Waals surface area contributed by atoms with Crippen LogP contribution < -0.4 is 15.8 Å². The first kappa shape index (κ1) is 20.7. The number of anilines is 1. The van der Waals surface area contributed by atoms with Crippen LogP contribution in [0.3, 0.4) is 0 Å². The molecule has 1 aromatic carbocycles. The number of nitrogens with two attached hydrogens (primary N) is 1. The van der Waals surface area contributed by atoms with Crippen molar-refractivity contribution in [2.75, 3.05) is 11.0 Å². The van der Waals surface area contributed by atoms with Crippen molar-refractivity contribution >= 4 is 34.0 Å². The van der Waals surface area contributed by atoms with E-state index in [0.717, 1.165) is 12.7 Å². The first-order valence-electron chi connectivity index (χ1n) is 6.87. The molecule has 0 spiro atoms. The molecule has 0 aliphatic carbocycles. The Hall–Kier alpha value is -1.31. The molecule has 0 saturated carbocycles. The number of carbonyl (C=O) groups is 1. The van der Waals surface area contributed by atoms with Gasteiger partial charge in [-0.1, -0.05) is 31.5 Å². The number of sulfonamides is 1. The number of carbonyl (C=O) groups excluding carboxylic acids is 1. The monoisotopic (exact) mass is 349 g/mol. The van der Waals surface area contributed by atoms with Gasteiger partial charge in [-0.3, -0.25) is 9.52 Å². The predicted octanol–water partition coefficient (Wildman–Crippen LogP) is 1.78. The van der Waals surface area contributed by atoms with Gasteiger partial charge in [0.2, 0.25) is 15.9 Å². The van der Waals surface area contributed by atoms with Crippen molar-refractivity contribution in [2.24, 2.45) is 5.73 Å². The zero-order valence-corrected chi connectivity index (χ0v) is 14.6. The van der Waals surface area contributed by atoms with Crippen molar-refractivity contribution in [1.29, 1.82) is 0 Å². The number of hydrogen-bond acceptors (Lipinski definition) is 4. The Morgan fingerprint density at radius 2 is 1.91 bits per heavy atom. The zero-order chi connectivity index (χ0) is 16.0. The second kappa shape index (κ2) is 8.97. The number of nitrogens with one attached hydrogen (secondary N) is 2. The number of rotatable bonds is 7. The molecule has 0 aromatic heterocycles. The number of hydrogen-bond donors (Lipinski definition) is 3. The fourth-order valence-electron chi connectivity index (χ4n) is 2.01. The summed E-state index contributed by atoms with van der Waals surface area (Å²) in [7, 11) is -3.37. The van der Waals surface area contributed by atoms with Crippen LogP contribution in [0.15, 0.2) is 24.3 Å². The van der Waals surface area contributed by atoms with E-state index in [-0.39, 0.29) is 24.4 Å². The normalized spacial score (nSPS) is 13.6. The molecule has 0 aliphatic rings. The van der Waals surface area contributed by atoms with Gasteiger partial charge in [0.1, 0.15) is 0 Å². The third kappa shape index (κ3) is 6.64. The Kier molecular flexibility index (Phi) is 8.44. The van der Waals surface area contributed by atoms with Gasteiger partial charge in [0.05, 0.1) is 24.0 Å². The quantitative estimate of drug-likeness (QED) is 0.698. The Labute approximate surface area is 138 Å². The number of para-hydroxylation sites is 1. The average Bonchev–Trinajstić information content (AvgIpc) is 2.37. The molecular formula is C14H24ClN3O3S. The number of amides is 1. The number of benzene rings is 1. The average molecular weight is 350 g/mol. The lowest BCUT2D eigenvalue weighted by Gasteiger charge is -2.20. The Morgan fingerprint density at radius 3 is 2.45 bits per heavy atom. The highest BCUT2D eigenvalue weighted by molar-refractivity contribution is 7.92. The van der Waals surface area contributed by atoms with E-state index in [1.54, 1.807) is 31.2 Å². The van der Waals surface area contributed by atoms with Crippen molar-refractivity contribution in [2.45, 2.75) is 38.8 Å². The van der Waals surface area contributed by atoms with Crippen molar-refractivity contribution in [1.82, 2.24) is 5.32 Å². The molecule has 6 nitrogen and oxygen atoms in total. The molecule has 1 amide bonds. The van der Waals surface area contributed by atoms with Gasteiger partial charge in [0.15, 0.2) is 0 Å². The molecule has 0 saturated heterocycles. The van der Waals surface area contributed by atoms with Crippen molar-refractivity contribution in [3.63, 3.8) is 0 Å². The summed E-state index contributed by atoms with van der Waals surface area (Å²) in [5, 5.41) is 2.81. The van der Waals surface area contributed by atoms with Crippen LogP contribution in [0.4, 0.5) is 5.69 Å². The highest BCUT2D eigenvalue weighted by Crippen LogP contribution is 2.23. The topological polar surface area (TPSA) is 101 Å². The molecule has 0 heterocycles. The third-order valence-electron chi connectivity index (χ3n) is 3.02. The lowest BCUT2D eigenvalue weighted by molar-refractivity contribution is -0.123. The molecule has 0 radical (unpaired) electrons. The van der Waals surface area contributed by atoms with Crippen LogP contribution in [-0.2, 0) is 14.8 Å². The molecule has 1 rings (SSSR count). The van der Waals surface area contributed by atoms with Crippen LogP contribution in [0.1, 0.15) is 38.3 Å². The van der Waals surface area contributed by atoms with Crippen LogP contribution >= 0.6 is 12.4 Å². The zero-order valence-electron chi connectivity index (χ0n) is 13.0. The summed E-state index contributed by atoms with van der Waals surface area (Å²) in [6.45, 7) is 3.75. The molecule has 22 heavy (non-hydrogen) atoms. The maximum absolute atomic E-state index is 11.9. The molecule has 2 atom stereocenters. The molecule has 2 unspecified atom stereocenters. The fraction of sp³-hybridized carbons (Fsp3) is 0.500. The predicted molar refractivity (Wildman–Crippen MR) is 91.6 cm³/mol. The van der Waals surface area contributed by atoms with E-state index in [4.69, 9.17) is 5.73 Å². The minimum Gasteiger partial charge on any atom is -0.348 e. The molecular weight excluding hydrogens is 326 g/mol. The van der Waals surface area contributed by atoms with E-state index in [1.807, 2.05) is 6.92 Å². The van der Waals surface area contributed by atoms with Crippen LogP contribution in [0.25, 0.3) is 0 Å². The van der Waals surface area contributed by atoms with Gasteiger partial charge in [-0.05, 0) is 25.0 Å². The lowest BCUT2D eigenvalue weighted by Crippen LogP contribution is -2.41. The maximum atomic E-state index is 11.9. The minimum absolute atomic E-state index is 0. The molecule has 0 bridgehead atoms. The standard InChI is InChI=1S/C14H23N3O3S.ClH/c1-4-7-12(15)14(18)16-10(2)11-8-5-6-9-13(11)17-21(3,19)20;/h5-6,8-10,12,17H,4,7,15H2,1-3H3,(H,16,18);1H. The number of halogens is 1. The van der Waals surface area contributed by atoms with E-state index in [1.165, 1.54) is 0 Å². The van der Waals surface area contributed by atoms with Gasteiger partial charge in [0.25, 0.3) is 0 Å². The van der Waals surface area contributed by atoms with Gasteiger partial charge < -0.3 is 11.1 Å². The van der Waals surface area contributed by atoms with Gasteiger partial charge in [0, 0.05) is 0 Å². The molecule has 0 aliphatic heterocycles. The molecule has 4 N–H and O–H groups in total. The van der Waals surface area contributed by atoms with Gasteiger partial charge in [-0.25, -0.2) is 8.42 Å². The first-order chi connectivity index (χ1) is 9.74. The largest absolute Gasteiger partial charge is 0.348 e. The van der Waals surface area contributed by atoms with Crippen molar-refractivity contribution in [3.05, 3.63) is 29.8 Å². The minimum atomic E-state index is -3.37. The van der Waals surface area contributed by atoms with Gasteiger partial charge in [-0.15, -0.1) is 12.4 Å². The summed E-state index contributed by atoms with van der Waals surface area (Å²) >= 11 is 0.